The molecule has 2 aromatic carbocycles. The standard InChI is InChI=1S/C31H35N5O3S/c1-20(2)18-25-31(39)34(21-14-16-33(3)17-15-21)19-28-35(24-10-6-4-8-22(24)30(38)36(25)28)29(37)13-12-27-32-23-9-5-7-11-26(23)40-27/h4-13,20-21,25,28H,14-19H2,1-3H3/b13-12+/t25-,28+/m0/s1. The normalized spacial score (nSPS) is 22.4. The lowest BCUT2D eigenvalue weighted by Crippen LogP contribution is -2.72. The number of rotatable bonds is 5. The summed E-state index contributed by atoms with van der Waals surface area (Å²) in [5.41, 5.74) is 1.94. The van der Waals surface area contributed by atoms with Crippen molar-refractivity contribution in [1.29, 1.82) is 0 Å². The van der Waals surface area contributed by atoms with E-state index in [1.807, 2.05) is 47.4 Å². The molecule has 3 aliphatic rings. The molecule has 0 radical (unpaired) electrons. The third kappa shape index (κ3) is 4.81. The lowest BCUT2D eigenvalue weighted by Gasteiger charge is -2.54. The minimum absolute atomic E-state index is 0.00431. The second-order valence-electron chi connectivity index (χ2n) is 11.4. The number of thiazole rings is 1. The number of carbonyl (C=O) groups excluding carboxylic acids is 3. The molecule has 3 aliphatic heterocycles. The monoisotopic (exact) mass is 557 g/mol. The van der Waals surface area contributed by atoms with Crippen molar-refractivity contribution in [1.82, 2.24) is 19.7 Å². The molecule has 0 bridgehead atoms. The number of para-hydroxylation sites is 2. The Bertz CT molecular complexity index is 1440. The number of carbonyl (C=O) groups is 3. The van der Waals surface area contributed by atoms with Gasteiger partial charge in [0.15, 0.2) is 0 Å². The van der Waals surface area contributed by atoms with Crippen LogP contribution in [-0.2, 0) is 9.59 Å². The Morgan fingerprint density at radius 1 is 1.07 bits per heavy atom. The highest BCUT2D eigenvalue weighted by molar-refractivity contribution is 7.19. The van der Waals surface area contributed by atoms with Gasteiger partial charge in [0.1, 0.15) is 17.2 Å². The van der Waals surface area contributed by atoms with E-state index >= 15 is 0 Å². The molecule has 2 saturated heterocycles. The van der Waals surface area contributed by atoms with E-state index in [-0.39, 0.29) is 29.7 Å². The van der Waals surface area contributed by atoms with Crippen molar-refractivity contribution in [3.05, 3.63) is 65.2 Å². The van der Waals surface area contributed by atoms with Crippen LogP contribution in [0.5, 0.6) is 0 Å². The van der Waals surface area contributed by atoms with Gasteiger partial charge in [0, 0.05) is 12.1 Å². The van der Waals surface area contributed by atoms with Crippen LogP contribution >= 0.6 is 11.3 Å². The molecule has 0 saturated carbocycles. The summed E-state index contributed by atoms with van der Waals surface area (Å²) in [6.45, 7) is 6.30. The van der Waals surface area contributed by atoms with Crippen LogP contribution in [0, 0.1) is 5.92 Å². The van der Waals surface area contributed by atoms with Gasteiger partial charge in [0.2, 0.25) is 5.91 Å². The van der Waals surface area contributed by atoms with Gasteiger partial charge in [0.05, 0.1) is 28.0 Å². The Labute approximate surface area is 238 Å². The fraction of sp³-hybridized carbons (Fsp3) is 0.419. The van der Waals surface area contributed by atoms with Crippen LogP contribution in [0.25, 0.3) is 16.3 Å². The summed E-state index contributed by atoms with van der Waals surface area (Å²) in [6, 6.07) is 14.6. The first-order chi connectivity index (χ1) is 19.3. The number of amides is 3. The molecule has 9 heteroatoms. The van der Waals surface area contributed by atoms with Crippen LogP contribution in [0.1, 0.15) is 48.5 Å². The lowest BCUT2D eigenvalue weighted by atomic mass is 9.91. The number of hydrogen-bond donors (Lipinski definition) is 0. The minimum atomic E-state index is -0.609. The smallest absolute Gasteiger partial charge is 0.258 e. The number of piperidine rings is 1. The van der Waals surface area contributed by atoms with Crippen LogP contribution in [0.2, 0.25) is 0 Å². The minimum Gasteiger partial charge on any atom is -0.334 e. The zero-order valence-corrected chi connectivity index (χ0v) is 24.0. The maximum atomic E-state index is 14.0. The quantitative estimate of drug-likeness (QED) is 0.433. The Morgan fingerprint density at radius 3 is 2.55 bits per heavy atom. The highest BCUT2D eigenvalue weighted by Crippen LogP contribution is 2.38. The van der Waals surface area contributed by atoms with Crippen molar-refractivity contribution in [3.63, 3.8) is 0 Å². The molecule has 3 aromatic rings. The summed E-state index contributed by atoms with van der Waals surface area (Å²) in [6.07, 6.45) is 5.06. The van der Waals surface area contributed by atoms with E-state index in [4.69, 9.17) is 0 Å². The zero-order valence-electron chi connectivity index (χ0n) is 23.2. The largest absolute Gasteiger partial charge is 0.334 e. The molecule has 6 rings (SSSR count). The molecular weight excluding hydrogens is 522 g/mol. The summed E-state index contributed by atoms with van der Waals surface area (Å²) >= 11 is 1.53. The van der Waals surface area contributed by atoms with E-state index < -0.39 is 12.2 Å². The van der Waals surface area contributed by atoms with Crippen molar-refractivity contribution < 1.29 is 14.4 Å². The van der Waals surface area contributed by atoms with Gasteiger partial charge in [0.25, 0.3) is 11.8 Å². The Balaban J connectivity index is 1.39. The van der Waals surface area contributed by atoms with Crippen molar-refractivity contribution in [2.45, 2.75) is 51.4 Å². The van der Waals surface area contributed by atoms with E-state index in [0.717, 1.165) is 41.2 Å². The molecule has 208 valence electrons. The van der Waals surface area contributed by atoms with Crippen molar-refractivity contribution in [3.8, 4) is 0 Å². The van der Waals surface area contributed by atoms with Gasteiger partial charge in [-0.2, -0.15) is 0 Å². The van der Waals surface area contributed by atoms with Crippen LogP contribution in [0.4, 0.5) is 5.69 Å². The number of hydrogen-bond acceptors (Lipinski definition) is 6. The zero-order chi connectivity index (χ0) is 28.0. The summed E-state index contributed by atoms with van der Waals surface area (Å²) in [5.74, 6) is -0.193. The van der Waals surface area contributed by atoms with E-state index in [9.17, 15) is 14.4 Å². The van der Waals surface area contributed by atoms with Gasteiger partial charge in [-0.05, 0) is 75.7 Å². The number of fused-ring (bicyclic) bond motifs is 3. The molecule has 0 unspecified atom stereocenters. The molecular formula is C31H35N5O3S. The number of aromatic nitrogens is 1. The average molecular weight is 558 g/mol. The van der Waals surface area contributed by atoms with Gasteiger partial charge in [-0.15, -0.1) is 11.3 Å². The first kappa shape index (κ1) is 26.7. The van der Waals surface area contributed by atoms with E-state index in [1.54, 1.807) is 28.0 Å². The van der Waals surface area contributed by atoms with Crippen molar-refractivity contribution in [2.75, 3.05) is 31.6 Å². The van der Waals surface area contributed by atoms with E-state index in [1.165, 1.54) is 11.3 Å². The average Bonchev–Trinajstić information content (AvgIpc) is 3.37. The number of piperazine rings is 1. The van der Waals surface area contributed by atoms with Crippen molar-refractivity contribution in [2.24, 2.45) is 5.92 Å². The van der Waals surface area contributed by atoms with Crippen LogP contribution in [-0.4, -0.2) is 82.3 Å². The molecule has 2 atom stereocenters. The Kier molecular flexibility index (Phi) is 7.18. The summed E-state index contributed by atoms with van der Waals surface area (Å²) in [7, 11) is 2.10. The number of anilines is 1. The summed E-state index contributed by atoms with van der Waals surface area (Å²) in [5, 5.41) is 0.747. The van der Waals surface area contributed by atoms with E-state index in [0.29, 0.717) is 24.2 Å². The lowest BCUT2D eigenvalue weighted by molar-refractivity contribution is -0.149. The van der Waals surface area contributed by atoms with Crippen molar-refractivity contribution >= 4 is 51.0 Å². The maximum Gasteiger partial charge on any atom is 0.258 e. The molecule has 0 N–H and O–H groups in total. The maximum absolute atomic E-state index is 14.0. The van der Waals surface area contributed by atoms with Crippen LogP contribution in [0.15, 0.2) is 54.6 Å². The predicted octanol–water partition coefficient (Wildman–Crippen LogP) is 4.48. The fourth-order valence-electron chi connectivity index (χ4n) is 6.27. The molecule has 3 amide bonds. The number of nitrogens with zero attached hydrogens (tertiary/aromatic N) is 5. The Morgan fingerprint density at radius 2 is 1.80 bits per heavy atom. The van der Waals surface area contributed by atoms with Crippen LogP contribution < -0.4 is 4.90 Å². The second-order valence-corrected chi connectivity index (χ2v) is 12.5. The number of likely N-dealkylation sites (tertiary alicyclic amines) is 1. The van der Waals surface area contributed by atoms with Gasteiger partial charge in [-0.3, -0.25) is 19.3 Å². The third-order valence-electron chi connectivity index (χ3n) is 8.25. The Hall–Kier alpha value is -3.56. The molecule has 1 aromatic heterocycles. The SMILES string of the molecule is CC(C)C[C@H]1C(=O)N(C2CCN(C)CC2)C[C@@H]2N(C(=O)/C=C/c3nc4ccccc4s3)c3ccccc3C(=O)N21. The molecule has 2 fully saturated rings. The van der Waals surface area contributed by atoms with Gasteiger partial charge in [-0.25, -0.2) is 4.98 Å². The van der Waals surface area contributed by atoms with Crippen LogP contribution in [0.3, 0.4) is 0 Å². The molecule has 0 aliphatic carbocycles. The molecule has 40 heavy (non-hydrogen) atoms. The molecule has 0 spiro atoms. The fourth-order valence-corrected chi connectivity index (χ4v) is 7.14. The molecule has 8 nitrogen and oxygen atoms in total. The van der Waals surface area contributed by atoms with E-state index in [2.05, 4.69) is 30.8 Å². The van der Waals surface area contributed by atoms with Gasteiger partial charge >= 0.3 is 0 Å². The number of benzene rings is 2. The molecule has 4 heterocycles. The first-order valence-corrected chi connectivity index (χ1v) is 14.9. The first-order valence-electron chi connectivity index (χ1n) is 14.1. The topological polar surface area (TPSA) is 77.1 Å². The third-order valence-corrected chi connectivity index (χ3v) is 9.25. The second kappa shape index (κ2) is 10.8. The predicted molar refractivity (Wildman–Crippen MR) is 158 cm³/mol. The summed E-state index contributed by atoms with van der Waals surface area (Å²) in [4.78, 5) is 54.3. The van der Waals surface area contributed by atoms with Gasteiger partial charge < -0.3 is 14.7 Å². The van der Waals surface area contributed by atoms with Gasteiger partial charge in [-0.1, -0.05) is 38.1 Å². The highest BCUT2D eigenvalue weighted by atomic mass is 32.1. The summed E-state index contributed by atoms with van der Waals surface area (Å²) < 4.78 is 1.06. The highest BCUT2D eigenvalue weighted by Gasteiger charge is 2.51.